The SMILES string of the molecule is CCC1C/C1=C(/COc1ccccc1OC)C(O)(O)C1CC12CCC(C[C-]=O)C2.COc1[c-]c(O)c(O)c(O)c1O.[CH3-].[U+3]. The maximum absolute atomic E-state index is 11.3. The third kappa shape index (κ3) is 7.75. The van der Waals surface area contributed by atoms with Crippen LogP contribution in [0.1, 0.15) is 51.9 Å². The molecule has 0 bridgehead atoms. The molecule has 1 spiro atoms. The Morgan fingerprint density at radius 3 is 2.30 bits per heavy atom. The molecule has 3 aliphatic carbocycles. The van der Waals surface area contributed by atoms with E-state index in [0.29, 0.717) is 35.3 Å². The number of rotatable bonds is 10. The van der Waals surface area contributed by atoms with Gasteiger partial charge in [0.2, 0.25) is 0 Å². The summed E-state index contributed by atoms with van der Waals surface area (Å²) in [5.74, 6) is -3.29. The fraction of sp³-hybridized carbons (Fsp3) is 0.500. The zero-order valence-corrected chi connectivity index (χ0v) is 29.2. The van der Waals surface area contributed by atoms with Gasteiger partial charge in [-0.05, 0) is 55.6 Å². The molecule has 2 aromatic rings. The molecule has 6 N–H and O–H groups in total. The van der Waals surface area contributed by atoms with Gasteiger partial charge in [0, 0.05) is 11.5 Å². The standard InChI is InChI=1S/C24H31O5.C7H7O5.CH3.U/c1-3-17-12-18(17)19(15-29-21-7-5-4-6-20(21)28-2)24(26,27)22-14-23(22)10-8-16(13-23)9-11-25;1-12-4-2-3(8)5(9)7(11)6(4)10;;/h4-7,16-17,22,26-27H,3,8-10,12-15H2,1-2H3;8-11H,1H3;1H3;/q3*-1;+3/b19-18+;;;. The second-order valence-corrected chi connectivity index (χ2v) is 11.1. The smallest absolute Gasteiger partial charge is 0.559 e. The molecule has 233 valence electrons. The minimum atomic E-state index is -1.86. The molecule has 3 fully saturated rings. The van der Waals surface area contributed by atoms with E-state index in [0.717, 1.165) is 44.1 Å². The Kier molecular flexibility index (Phi) is 12.7. The molecule has 3 aliphatic rings. The molecule has 43 heavy (non-hydrogen) atoms. The molecule has 4 atom stereocenters. The number of hydrogen-bond donors (Lipinski definition) is 6. The Labute approximate surface area is 276 Å². The zero-order chi connectivity index (χ0) is 29.9. The third-order valence-electron chi connectivity index (χ3n) is 8.68. The van der Waals surface area contributed by atoms with Gasteiger partial charge in [-0.3, -0.25) is 6.29 Å². The fourth-order valence-corrected chi connectivity index (χ4v) is 6.19. The molecule has 0 saturated heterocycles. The maximum Gasteiger partial charge on any atom is 3.00 e. The van der Waals surface area contributed by atoms with E-state index in [2.05, 4.69) is 17.7 Å². The Morgan fingerprint density at radius 1 is 1.05 bits per heavy atom. The first-order valence-corrected chi connectivity index (χ1v) is 13.7. The number of allylic oxidation sites excluding steroid dienone is 1. The topological polar surface area (TPSA) is 166 Å². The van der Waals surface area contributed by atoms with Gasteiger partial charge in [0.15, 0.2) is 17.3 Å². The van der Waals surface area contributed by atoms with Crippen LogP contribution < -0.4 is 14.2 Å². The van der Waals surface area contributed by atoms with E-state index < -0.39 is 28.8 Å². The summed E-state index contributed by atoms with van der Waals surface area (Å²) in [4.78, 5) is 10.8. The van der Waals surface area contributed by atoms with Gasteiger partial charge in [-0.25, -0.2) is 0 Å². The molecular formula is C32H41O10U. The van der Waals surface area contributed by atoms with Crippen LogP contribution >= 0.6 is 0 Å². The predicted octanol–water partition coefficient (Wildman–Crippen LogP) is 4.56. The number of aromatic hydroxyl groups is 4. The first-order valence-electron chi connectivity index (χ1n) is 13.7. The molecule has 2 aromatic carbocycles. The van der Waals surface area contributed by atoms with Gasteiger partial charge in [-0.15, -0.1) is 6.42 Å². The van der Waals surface area contributed by atoms with Gasteiger partial charge in [-0.2, -0.15) is 0 Å². The summed E-state index contributed by atoms with van der Waals surface area (Å²) in [6.45, 7) is 2.28. The summed E-state index contributed by atoms with van der Waals surface area (Å²) >= 11 is 0. The monoisotopic (exact) mass is 823 g/mol. The first kappa shape index (κ1) is 36.6. The largest absolute Gasteiger partial charge is 3.00 e. The second kappa shape index (κ2) is 14.9. The molecule has 5 rings (SSSR count). The average Bonchev–Trinajstić information content (AvgIpc) is 3.86. The van der Waals surface area contributed by atoms with E-state index in [1.54, 1.807) is 7.11 Å². The molecule has 10 nitrogen and oxygen atoms in total. The van der Waals surface area contributed by atoms with Crippen molar-refractivity contribution in [2.75, 3.05) is 20.8 Å². The van der Waals surface area contributed by atoms with E-state index in [-0.39, 0.29) is 62.2 Å². The van der Waals surface area contributed by atoms with Crippen molar-refractivity contribution < 1.29 is 80.8 Å². The predicted molar refractivity (Wildman–Crippen MR) is 154 cm³/mol. The zero-order valence-electron chi connectivity index (χ0n) is 25.0. The Hall–Kier alpha value is -2.58. The first-order chi connectivity index (χ1) is 19.5. The number of methoxy groups -OCH3 is 2. The van der Waals surface area contributed by atoms with E-state index in [1.165, 1.54) is 7.11 Å². The van der Waals surface area contributed by atoms with Gasteiger partial charge in [0.05, 0.1) is 43.0 Å². The van der Waals surface area contributed by atoms with Crippen LogP contribution in [0.4, 0.5) is 0 Å². The van der Waals surface area contributed by atoms with E-state index in [9.17, 15) is 15.0 Å². The second-order valence-electron chi connectivity index (χ2n) is 11.1. The molecule has 3 saturated carbocycles. The van der Waals surface area contributed by atoms with Crippen molar-refractivity contribution in [2.45, 2.75) is 57.7 Å². The van der Waals surface area contributed by atoms with Gasteiger partial charge < -0.3 is 57.1 Å². The summed E-state index contributed by atoms with van der Waals surface area (Å²) in [7, 11) is 2.82. The van der Waals surface area contributed by atoms with Crippen LogP contribution in [0.15, 0.2) is 35.4 Å². The van der Waals surface area contributed by atoms with Crippen LogP contribution in [0, 0.1) is 67.8 Å². The number of phenols is 4. The Morgan fingerprint density at radius 2 is 1.72 bits per heavy atom. The normalized spacial score (nSPS) is 24.4. The van der Waals surface area contributed by atoms with Crippen molar-refractivity contribution >= 4 is 6.29 Å². The van der Waals surface area contributed by atoms with Crippen molar-refractivity contribution in [3.05, 3.63) is 48.9 Å². The van der Waals surface area contributed by atoms with Crippen molar-refractivity contribution in [1.82, 2.24) is 0 Å². The molecule has 0 heterocycles. The van der Waals surface area contributed by atoms with Crippen LogP contribution in [0.2, 0.25) is 0 Å². The average molecular weight is 824 g/mol. The Bertz CT molecular complexity index is 1290. The number of aliphatic hydroxyl groups is 2. The van der Waals surface area contributed by atoms with Crippen LogP contribution in [0.25, 0.3) is 0 Å². The van der Waals surface area contributed by atoms with Crippen molar-refractivity contribution in [2.24, 2.45) is 23.2 Å². The molecular weight excluding hydrogens is 782 g/mol. The molecule has 0 aliphatic heterocycles. The van der Waals surface area contributed by atoms with Crippen molar-refractivity contribution in [3.63, 3.8) is 0 Å². The summed E-state index contributed by atoms with van der Waals surface area (Å²) in [6.07, 6.45) is 8.02. The van der Waals surface area contributed by atoms with Crippen molar-refractivity contribution in [3.8, 4) is 40.2 Å². The molecule has 4 unspecified atom stereocenters. The summed E-state index contributed by atoms with van der Waals surface area (Å²) in [6, 6.07) is 9.52. The molecule has 0 aromatic heterocycles. The number of carbonyl (C=O) groups excluding carboxylic acids is 1. The van der Waals surface area contributed by atoms with Gasteiger partial charge in [0.25, 0.3) is 0 Å². The quantitative estimate of drug-likeness (QED) is 0.0659. The number of ether oxygens (including phenoxy) is 3. The van der Waals surface area contributed by atoms with Crippen LogP contribution in [-0.4, -0.2) is 63.5 Å². The number of hydrogen-bond acceptors (Lipinski definition) is 10. The summed E-state index contributed by atoms with van der Waals surface area (Å²) in [5, 5.41) is 58.3. The fourth-order valence-electron chi connectivity index (χ4n) is 6.19. The van der Waals surface area contributed by atoms with Crippen molar-refractivity contribution in [1.29, 1.82) is 0 Å². The van der Waals surface area contributed by atoms with Gasteiger partial charge >= 0.3 is 31.1 Å². The third-order valence-corrected chi connectivity index (χ3v) is 8.68. The van der Waals surface area contributed by atoms with E-state index >= 15 is 0 Å². The van der Waals surface area contributed by atoms with Crippen LogP contribution in [0.5, 0.6) is 40.2 Å². The minimum absolute atomic E-state index is 0. The molecule has 11 heteroatoms. The molecule has 0 amide bonds. The summed E-state index contributed by atoms with van der Waals surface area (Å²) in [5.41, 5.74) is 1.71. The van der Waals surface area contributed by atoms with Crippen LogP contribution in [0.3, 0.4) is 0 Å². The summed E-state index contributed by atoms with van der Waals surface area (Å²) < 4.78 is 15.9. The van der Waals surface area contributed by atoms with E-state index in [1.807, 2.05) is 30.6 Å². The Balaban J connectivity index is 0.000000392. The van der Waals surface area contributed by atoms with Gasteiger partial charge in [0.1, 0.15) is 6.61 Å². The van der Waals surface area contributed by atoms with E-state index in [4.69, 9.17) is 29.9 Å². The minimum Gasteiger partial charge on any atom is -0.559 e. The molecule has 1 radical (unpaired) electrons. The number of para-hydroxylation sites is 2. The maximum atomic E-state index is 11.3. The van der Waals surface area contributed by atoms with Crippen LogP contribution in [-0.2, 0) is 4.79 Å². The number of benzene rings is 2. The number of phenolic OH excluding ortho intramolecular Hbond substituents is 4. The van der Waals surface area contributed by atoms with Gasteiger partial charge in [-0.1, -0.05) is 43.0 Å².